The fourth-order valence-electron chi connectivity index (χ4n) is 1.60. The zero-order valence-corrected chi connectivity index (χ0v) is 9.46. The minimum Gasteiger partial charge on any atom is -0.461 e. The van der Waals surface area contributed by atoms with Gasteiger partial charge in [-0.25, -0.2) is 4.79 Å². The van der Waals surface area contributed by atoms with E-state index in [0.717, 1.165) is 19.0 Å². The van der Waals surface area contributed by atoms with Gasteiger partial charge in [-0.05, 0) is 25.7 Å². The van der Waals surface area contributed by atoms with E-state index in [1.54, 1.807) is 6.92 Å². The van der Waals surface area contributed by atoms with Gasteiger partial charge in [-0.1, -0.05) is 0 Å². The zero-order valence-electron chi connectivity index (χ0n) is 9.46. The first-order valence-electron chi connectivity index (χ1n) is 5.50. The molecule has 2 rings (SSSR count). The molecule has 1 aliphatic carbocycles. The molecule has 0 unspecified atom stereocenters. The molecule has 0 N–H and O–H groups in total. The van der Waals surface area contributed by atoms with E-state index in [0.29, 0.717) is 12.5 Å². The maximum atomic E-state index is 11.7. The highest BCUT2D eigenvalue weighted by atomic mass is 16.6. The van der Waals surface area contributed by atoms with Gasteiger partial charge in [0.1, 0.15) is 6.20 Å². The van der Waals surface area contributed by atoms with Crippen molar-refractivity contribution in [2.24, 2.45) is 5.92 Å². The zero-order chi connectivity index (χ0) is 12.4. The van der Waals surface area contributed by atoms with E-state index in [2.05, 4.69) is 5.10 Å². The Morgan fingerprint density at radius 3 is 2.94 bits per heavy atom. The maximum Gasteiger partial charge on any atom is 0.363 e. The van der Waals surface area contributed by atoms with Crippen LogP contribution in [0.3, 0.4) is 0 Å². The van der Waals surface area contributed by atoms with Crippen LogP contribution in [0.25, 0.3) is 0 Å². The van der Waals surface area contributed by atoms with Crippen molar-refractivity contribution in [1.29, 1.82) is 0 Å². The average molecular weight is 239 g/mol. The van der Waals surface area contributed by atoms with Gasteiger partial charge in [-0.15, -0.1) is 0 Å². The Morgan fingerprint density at radius 1 is 1.71 bits per heavy atom. The van der Waals surface area contributed by atoms with E-state index in [9.17, 15) is 14.9 Å². The van der Waals surface area contributed by atoms with E-state index >= 15 is 0 Å². The molecule has 0 saturated heterocycles. The molecule has 1 saturated carbocycles. The third kappa shape index (κ3) is 2.43. The van der Waals surface area contributed by atoms with Gasteiger partial charge in [0, 0.05) is 6.54 Å². The Kier molecular flexibility index (Phi) is 3.08. The standard InChI is InChI=1S/C10H13N3O4/c1-2-17-10(14)9-8(13(15)16)5-11-12(9)6-7-3-4-7/h5,7H,2-4,6H2,1H3. The smallest absolute Gasteiger partial charge is 0.363 e. The lowest BCUT2D eigenvalue weighted by Gasteiger charge is -2.05. The molecular weight excluding hydrogens is 226 g/mol. The molecular formula is C10H13N3O4. The van der Waals surface area contributed by atoms with Crippen molar-refractivity contribution < 1.29 is 14.5 Å². The van der Waals surface area contributed by atoms with Crippen LogP contribution in [0.1, 0.15) is 30.3 Å². The number of carbonyl (C=O) groups excluding carboxylic acids is 1. The van der Waals surface area contributed by atoms with Gasteiger partial charge in [-0.3, -0.25) is 14.8 Å². The molecule has 1 aromatic rings. The van der Waals surface area contributed by atoms with Gasteiger partial charge >= 0.3 is 11.7 Å². The minimum atomic E-state index is -0.683. The molecule has 0 amide bonds. The Labute approximate surface area is 97.5 Å². The molecule has 0 bridgehead atoms. The highest BCUT2D eigenvalue weighted by Gasteiger charge is 2.31. The van der Waals surface area contributed by atoms with Crippen LogP contribution in [0.4, 0.5) is 5.69 Å². The molecule has 7 nitrogen and oxygen atoms in total. The summed E-state index contributed by atoms with van der Waals surface area (Å²) in [6, 6.07) is 0. The lowest BCUT2D eigenvalue weighted by Crippen LogP contribution is -2.15. The monoisotopic (exact) mass is 239 g/mol. The van der Waals surface area contributed by atoms with Crippen LogP contribution in [0.2, 0.25) is 0 Å². The lowest BCUT2D eigenvalue weighted by atomic mass is 10.3. The molecule has 0 atom stereocenters. The quantitative estimate of drug-likeness (QED) is 0.440. The van der Waals surface area contributed by atoms with Crippen LogP contribution < -0.4 is 0 Å². The molecule has 7 heteroatoms. The van der Waals surface area contributed by atoms with Gasteiger partial charge in [0.2, 0.25) is 5.69 Å². The second-order valence-electron chi connectivity index (χ2n) is 3.98. The normalized spacial score (nSPS) is 14.6. The third-order valence-electron chi connectivity index (χ3n) is 2.61. The molecule has 1 heterocycles. The van der Waals surface area contributed by atoms with E-state index in [-0.39, 0.29) is 18.0 Å². The summed E-state index contributed by atoms with van der Waals surface area (Å²) >= 11 is 0. The molecule has 1 aromatic heterocycles. The Bertz CT molecular complexity index is 450. The summed E-state index contributed by atoms with van der Waals surface area (Å²) in [5.41, 5.74) is -0.340. The Morgan fingerprint density at radius 2 is 2.41 bits per heavy atom. The topological polar surface area (TPSA) is 87.3 Å². The fraction of sp³-hybridized carbons (Fsp3) is 0.600. The molecule has 1 fully saturated rings. The van der Waals surface area contributed by atoms with Crippen molar-refractivity contribution in [2.75, 3.05) is 6.61 Å². The van der Waals surface area contributed by atoms with Crippen LogP contribution in [0.15, 0.2) is 6.20 Å². The summed E-state index contributed by atoms with van der Waals surface area (Å²) in [4.78, 5) is 21.8. The lowest BCUT2D eigenvalue weighted by molar-refractivity contribution is -0.385. The largest absolute Gasteiger partial charge is 0.461 e. The van der Waals surface area contributed by atoms with Gasteiger partial charge in [0.15, 0.2) is 0 Å². The number of esters is 1. The first-order valence-corrected chi connectivity index (χ1v) is 5.50. The van der Waals surface area contributed by atoms with E-state index in [1.807, 2.05) is 0 Å². The molecule has 92 valence electrons. The highest BCUT2D eigenvalue weighted by Crippen LogP contribution is 2.32. The van der Waals surface area contributed by atoms with Crippen LogP contribution in [-0.4, -0.2) is 27.3 Å². The van der Waals surface area contributed by atoms with Gasteiger partial charge < -0.3 is 4.74 Å². The van der Waals surface area contributed by atoms with E-state index in [1.165, 1.54) is 4.68 Å². The van der Waals surface area contributed by atoms with Gasteiger partial charge in [-0.2, -0.15) is 5.10 Å². The van der Waals surface area contributed by atoms with Gasteiger partial charge in [0.25, 0.3) is 0 Å². The number of nitro groups is 1. The number of hydrogen-bond acceptors (Lipinski definition) is 5. The van der Waals surface area contributed by atoms with Crippen molar-refractivity contribution in [3.05, 3.63) is 22.0 Å². The second kappa shape index (κ2) is 4.52. The minimum absolute atomic E-state index is 0.0521. The predicted molar refractivity (Wildman–Crippen MR) is 57.6 cm³/mol. The van der Waals surface area contributed by atoms with Crippen molar-refractivity contribution in [1.82, 2.24) is 9.78 Å². The highest BCUT2D eigenvalue weighted by molar-refractivity contribution is 5.91. The summed E-state index contributed by atoms with van der Waals surface area (Å²) in [5.74, 6) is -0.208. The van der Waals surface area contributed by atoms with E-state index in [4.69, 9.17) is 4.74 Å². The van der Waals surface area contributed by atoms with E-state index < -0.39 is 10.9 Å². The molecule has 0 radical (unpaired) electrons. The summed E-state index contributed by atoms with van der Waals surface area (Å²) in [5, 5.41) is 14.7. The number of nitrogens with zero attached hydrogens (tertiary/aromatic N) is 3. The van der Waals surface area contributed by atoms with Crippen molar-refractivity contribution in [2.45, 2.75) is 26.3 Å². The first-order chi connectivity index (χ1) is 8.13. The van der Waals surface area contributed by atoms with Crippen LogP contribution in [-0.2, 0) is 11.3 Å². The van der Waals surface area contributed by atoms with Gasteiger partial charge in [0.05, 0.1) is 11.5 Å². The third-order valence-corrected chi connectivity index (χ3v) is 2.61. The number of aromatic nitrogens is 2. The molecule has 0 spiro atoms. The number of carbonyl (C=O) groups is 1. The van der Waals surface area contributed by atoms with Crippen LogP contribution in [0.5, 0.6) is 0 Å². The molecule has 17 heavy (non-hydrogen) atoms. The number of hydrogen-bond donors (Lipinski definition) is 0. The Hall–Kier alpha value is -1.92. The summed E-state index contributed by atoms with van der Waals surface area (Å²) in [6.07, 6.45) is 3.26. The number of rotatable bonds is 5. The SMILES string of the molecule is CCOC(=O)c1c([N+](=O)[O-])cnn1CC1CC1. The second-order valence-corrected chi connectivity index (χ2v) is 3.98. The summed E-state index contributed by atoms with van der Waals surface area (Å²) < 4.78 is 6.20. The maximum absolute atomic E-state index is 11.7. The number of ether oxygens (including phenoxy) is 1. The van der Waals surface area contributed by atoms with Crippen molar-refractivity contribution in [3.63, 3.8) is 0 Å². The fourth-order valence-corrected chi connectivity index (χ4v) is 1.60. The molecule has 0 aromatic carbocycles. The van der Waals surface area contributed by atoms with Crippen LogP contribution >= 0.6 is 0 Å². The van der Waals surface area contributed by atoms with Crippen molar-refractivity contribution in [3.8, 4) is 0 Å². The summed E-state index contributed by atoms with van der Waals surface area (Å²) in [7, 11) is 0. The first kappa shape index (κ1) is 11.6. The average Bonchev–Trinajstić information content (AvgIpc) is 2.95. The Balaban J connectivity index is 2.30. The molecule has 1 aliphatic rings. The molecule has 0 aliphatic heterocycles. The summed E-state index contributed by atoms with van der Waals surface area (Å²) in [6.45, 7) is 2.39. The van der Waals surface area contributed by atoms with Crippen molar-refractivity contribution >= 4 is 11.7 Å². The van der Waals surface area contributed by atoms with Crippen LogP contribution in [0, 0.1) is 16.0 Å². The predicted octanol–water partition coefficient (Wildman–Crippen LogP) is 1.38.